The molecule has 0 radical (unpaired) electrons. The van der Waals surface area contributed by atoms with Crippen molar-refractivity contribution in [3.63, 3.8) is 0 Å². The molecule has 2 aromatic rings. The van der Waals surface area contributed by atoms with E-state index in [1.807, 2.05) is 0 Å². The van der Waals surface area contributed by atoms with Crippen molar-refractivity contribution in [1.82, 2.24) is 0 Å². The van der Waals surface area contributed by atoms with Gasteiger partial charge in [0.2, 0.25) is 0 Å². The molecule has 1 heteroatoms. The third-order valence-electron chi connectivity index (χ3n) is 3.23. The quantitative estimate of drug-likeness (QED) is 0.709. The van der Waals surface area contributed by atoms with Crippen LogP contribution in [0.2, 0.25) is 0 Å². The fourth-order valence-corrected chi connectivity index (χ4v) is 2.52. The van der Waals surface area contributed by atoms with Gasteiger partial charge in [-0.05, 0) is 59.1 Å². The van der Waals surface area contributed by atoms with Gasteiger partial charge in [-0.1, -0.05) is 0 Å². The summed E-state index contributed by atoms with van der Waals surface area (Å²) in [4.78, 5) is 0. The molecule has 0 aliphatic heterocycles. The molecule has 2 aromatic carbocycles. The molecule has 1 aliphatic carbocycles. The molecular formula is C16H14Br+. The van der Waals surface area contributed by atoms with Gasteiger partial charge in [-0.25, -0.2) is 0 Å². The monoisotopic (exact) mass is 285 g/mol. The molecule has 0 unspecified atom stereocenters. The van der Waals surface area contributed by atoms with E-state index in [1.54, 1.807) is 0 Å². The lowest BCUT2D eigenvalue weighted by molar-refractivity contribution is 0.906. The zero-order chi connectivity index (χ0) is 11.7. The summed E-state index contributed by atoms with van der Waals surface area (Å²) in [6, 6.07) is 19.4. The molecule has 0 aromatic heterocycles. The Hall–Kier alpha value is -1.21. The second-order valence-electron chi connectivity index (χ2n) is 4.56. The average molecular weight is 286 g/mol. The molecule has 0 amide bonds. The second kappa shape index (κ2) is 4.58. The van der Waals surface area contributed by atoms with Crippen LogP contribution in [0.1, 0.15) is 24.0 Å². The highest BCUT2D eigenvalue weighted by atomic mass is 79.9. The van der Waals surface area contributed by atoms with Crippen molar-refractivity contribution >= 4 is 15.9 Å². The predicted octanol–water partition coefficient (Wildman–Crippen LogP) is 4.83. The van der Waals surface area contributed by atoms with Crippen LogP contribution < -0.4 is 0 Å². The number of halogens is 1. The van der Waals surface area contributed by atoms with Crippen LogP contribution in [-0.4, -0.2) is 0 Å². The molecule has 0 nitrogen and oxygen atoms in total. The smallest absolute Gasteiger partial charge is 0.0493 e. The number of rotatable bonds is 3. The fraction of sp³-hybridized carbons (Fsp3) is 0.188. The highest BCUT2D eigenvalue weighted by Crippen LogP contribution is 2.45. The Bertz CT molecular complexity index is 483. The fourth-order valence-electron chi connectivity index (χ4n) is 2.26. The Morgan fingerprint density at radius 3 is 2.00 bits per heavy atom. The van der Waals surface area contributed by atoms with E-state index in [1.165, 1.54) is 29.9 Å². The van der Waals surface area contributed by atoms with E-state index in [0.717, 1.165) is 10.4 Å². The Kier molecular flexibility index (Phi) is 2.94. The van der Waals surface area contributed by atoms with Crippen molar-refractivity contribution in [3.8, 4) is 0 Å². The highest BCUT2D eigenvalue weighted by Gasteiger charge is 2.37. The van der Waals surface area contributed by atoms with E-state index in [0.29, 0.717) is 0 Å². The van der Waals surface area contributed by atoms with E-state index in [-0.39, 0.29) is 0 Å². The van der Waals surface area contributed by atoms with Crippen LogP contribution in [-0.2, 0) is 0 Å². The third kappa shape index (κ3) is 2.39. The van der Waals surface area contributed by atoms with Crippen LogP contribution in [0.25, 0.3) is 0 Å². The van der Waals surface area contributed by atoms with Gasteiger partial charge < -0.3 is 0 Å². The zero-order valence-corrected chi connectivity index (χ0v) is 11.2. The topological polar surface area (TPSA) is 0 Å². The molecule has 0 atom stereocenters. The molecule has 1 fully saturated rings. The first-order valence-electron chi connectivity index (χ1n) is 6.03. The number of hydrogen-bond donors (Lipinski definition) is 0. The van der Waals surface area contributed by atoms with Gasteiger partial charge in [-0.15, -0.1) is 0 Å². The summed E-state index contributed by atoms with van der Waals surface area (Å²) in [7, 11) is 0. The number of benzene rings is 2. The first kappa shape index (κ1) is 10.9. The van der Waals surface area contributed by atoms with Crippen LogP contribution in [0.4, 0.5) is 0 Å². The molecule has 0 saturated heterocycles. The van der Waals surface area contributed by atoms with Crippen molar-refractivity contribution in [2.75, 3.05) is 0 Å². The largest absolute Gasteiger partial charge is 0.0759 e. The SMILES string of the molecule is Brc1ccc([C+](c2ccccc2)C2CC2)cc1. The molecule has 84 valence electrons. The van der Waals surface area contributed by atoms with E-state index in [2.05, 4.69) is 70.5 Å². The summed E-state index contributed by atoms with van der Waals surface area (Å²) < 4.78 is 1.14. The molecule has 1 saturated carbocycles. The molecule has 0 N–H and O–H groups in total. The first-order valence-corrected chi connectivity index (χ1v) is 6.82. The average Bonchev–Trinajstić information content (AvgIpc) is 3.18. The van der Waals surface area contributed by atoms with Gasteiger partial charge >= 0.3 is 0 Å². The van der Waals surface area contributed by atoms with E-state index >= 15 is 0 Å². The van der Waals surface area contributed by atoms with Crippen LogP contribution >= 0.6 is 15.9 Å². The van der Waals surface area contributed by atoms with Crippen molar-refractivity contribution < 1.29 is 0 Å². The maximum atomic E-state index is 3.49. The van der Waals surface area contributed by atoms with E-state index in [9.17, 15) is 0 Å². The summed E-state index contributed by atoms with van der Waals surface area (Å²) in [5.74, 6) is 2.27. The Morgan fingerprint density at radius 1 is 0.824 bits per heavy atom. The van der Waals surface area contributed by atoms with Crippen molar-refractivity contribution in [2.24, 2.45) is 5.92 Å². The molecule has 1 aliphatic rings. The minimum absolute atomic E-state index is 0.763. The maximum absolute atomic E-state index is 3.49. The van der Waals surface area contributed by atoms with Gasteiger partial charge in [0, 0.05) is 40.6 Å². The summed E-state index contributed by atoms with van der Waals surface area (Å²) >= 11 is 3.49. The van der Waals surface area contributed by atoms with Crippen LogP contribution in [0.15, 0.2) is 59.1 Å². The molecule has 0 bridgehead atoms. The molecule has 17 heavy (non-hydrogen) atoms. The summed E-state index contributed by atoms with van der Waals surface area (Å²) in [5, 5.41) is 0. The Labute approximate surface area is 111 Å². The van der Waals surface area contributed by atoms with Gasteiger partial charge in [0.15, 0.2) is 0 Å². The van der Waals surface area contributed by atoms with Crippen molar-refractivity contribution in [1.29, 1.82) is 0 Å². The lowest BCUT2D eigenvalue weighted by Gasteiger charge is -2.10. The van der Waals surface area contributed by atoms with Gasteiger partial charge in [0.05, 0.1) is 11.1 Å². The first-order chi connectivity index (χ1) is 8.34. The maximum Gasteiger partial charge on any atom is 0.0759 e. The summed E-state index contributed by atoms with van der Waals surface area (Å²) in [6.45, 7) is 0. The van der Waals surface area contributed by atoms with E-state index < -0.39 is 0 Å². The molecule has 3 rings (SSSR count). The van der Waals surface area contributed by atoms with Crippen LogP contribution in [0.3, 0.4) is 0 Å². The Morgan fingerprint density at radius 2 is 1.41 bits per heavy atom. The van der Waals surface area contributed by atoms with Crippen LogP contribution in [0.5, 0.6) is 0 Å². The van der Waals surface area contributed by atoms with E-state index in [4.69, 9.17) is 0 Å². The lowest BCUT2D eigenvalue weighted by Crippen LogP contribution is -2.04. The normalized spacial score (nSPS) is 14.6. The minimum atomic E-state index is 0.763. The summed E-state index contributed by atoms with van der Waals surface area (Å²) in [6.07, 6.45) is 2.67. The van der Waals surface area contributed by atoms with Gasteiger partial charge in [-0.2, -0.15) is 0 Å². The van der Waals surface area contributed by atoms with Crippen molar-refractivity contribution in [2.45, 2.75) is 12.8 Å². The van der Waals surface area contributed by atoms with Gasteiger partial charge in [-0.3, -0.25) is 0 Å². The minimum Gasteiger partial charge on any atom is -0.0493 e. The Balaban J connectivity index is 1.98. The van der Waals surface area contributed by atoms with Gasteiger partial charge in [0.25, 0.3) is 0 Å². The standard InChI is InChI=1S/C16H14Br/c17-15-10-8-14(9-11-15)16(13-6-7-13)12-4-2-1-3-5-12/h1-5,8-11,13H,6-7H2/q+1. The second-order valence-corrected chi connectivity index (χ2v) is 5.48. The highest BCUT2D eigenvalue weighted by molar-refractivity contribution is 9.10. The third-order valence-corrected chi connectivity index (χ3v) is 3.75. The molecule has 0 heterocycles. The molecular weight excluding hydrogens is 272 g/mol. The van der Waals surface area contributed by atoms with Crippen molar-refractivity contribution in [3.05, 3.63) is 76.1 Å². The summed E-state index contributed by atoms with van der Waals surface area (Å²) in [5.41, 5.74) is 2.74. The van der Waals surface area contributed by atoms with Gasteiger partial charge in [0.1, 0.15) is 0 Å². The zero-order valence-electron chi connectivity index (χ0n) is 9.57. The lowest BCUT2D eigenvalue weighted by atomic mass is 9.87. The van der Waals surface area contributed by atoms with Crippen LogP contribution in [0, 0.1) is 11.8 Å². The molecule has 0 spiro atoms. The predicted molar refractivity (Wildman–Crippen MR) is 74.8 cm³/mol. The number of hydrogen-bond acceptors (Lipinski definition) is 0.